The Balaban J connectivity index is 1.70. The van der Waals surface area contributed by atoms with Gasteiger partial charge in [0.25, 0.3) is 5.91 Å². The zero-order valence-electron chi connectivity index (χ0n) is 13.9. The molecule has 23 heavy (non-hydrogen) atoms. The Kier molecular flexibility index (Phi) is 5.16. The van der Waals surface area contributed by atoms with Crippen LogP contribution in [0.2, 0.25) is 0 Å². The lowest BCUT2D eigenvalue weighted by atomic mass is 9.97. The van der Waals surface area contributed by atoms with E-state index < -0.39 is 0 Å². The van der Waals surface area contributed by atoms with E-state index in [0.717, 1.165) is 58.4 Å². The normalized spacial score (nSPS) is 21.7. The molecule has 0 aliphatic carbocycles. The fourth-order valence-electron chi connectivity index (χ4n) is 3.74. The Morgan fingerprint density at radius 2 is 2.04 bits per heavy atom. The molecule has 1 N–H and O–H groups in total. The van der Waals surface area contributed by atoms with Gasteiger partial charge < -0.3 is 15.1 Å². The maximum atomic E-state index is 14.4. The maximum absolute atomic E-state index is 14.4. The predicted octanol–water partition coefficient (Wildman–Crippen LogP) is 2.50. The molecule has 4 nitrogen and oxygen atoms in total. The first-order chi connectivity index (χ1) is 11.2. The molecule has 1 unspecified atom stereocenters. The number of carbonyl (C=O) groups is 1. The molecule has 2 heterocycles. The molecule has 1 aromatic rings. The summed E-state index contributed by atoms with van der Waals surface area (Å²) in [5.74, 6) is 0.172. The van der Waals surface area contributed by atoms with Gasteiger partial charge in [-0.05, 0) is 63.4 Å². The Morgan fingerprint density at radius 3 is 2.74 bits per heavy atom. The van der Waals surface area contributed by atoms with Gasteiger partial charge in [-0.25, -0.2) is 4.39 Å². The first kappa shape index (κ1) is 16.2. The largest absolute Gasteiger partial charge is 0.369 e. The van der Waals surface area contributed by atoms with E-state index in [-0.39, 0.29) is 11.7 Å². The molecule has 0 aromatic heterocycles. The zero-order chi connectivity index (χ0) is 16.2. The van der Waals surface area contributed by atoms with E-state index in [1.165, 1.54) is 6.07 Å². The summed E-state index contributed by atoms with van der Waals surface area (Å²) in [6.45, 7) is 4.26. The number of anilines is 1. The quantitative estimate of drug-likeness (QED) is 0.926. The smallest absolute Gasteiger partial charge is 0.253 e. The predicted molar refractivity (Wildman–Crippen MR) is 90.4 cm³/mol. The van der Waals surface area contributed by atoms with Crippen LogP contribution in [-0.4, -0.2) is 50.6 Å². The van der Waals surface area contributed by atoms with E-state index in [9.17, 15) is 9.18 Å². The minimum absolute atomic E-state index is 0.0438. The van der Waals surface area contributed by atoms with Crippen LogP contribution in [0.1, 0.15) is 36.0 Å². The molecule has 1 aromatic carbocycles. The van der Waals surface area contributed by atoms with Crippen LogP contribution in [-0.2, 0) is 0 Å². The van der Waals surface area contributed by atoms with Crippen molar-refractivity contribution < 1.29 is 9.18 Å². The molecule has 0 radical (unpaired) electrons. The molecule has 0 spiro atoms. The third-order valence-electron chi connectivity index (χ3n) is 4.94. The van der Waals surface area contributed by atoms with Crippen molar-refractivity contribution in [2.24, 2.45) is 5.92 Å². The number of benzene rings is 1. The third kappa shape index (κ3) is 3.66. The molecular weight excluding hydrogens is 293 g/mol. The maximum Gasteiger partial charge on any atom is 0.253 e. The second-order valence-corrected chi connectivity index (χ2v) is 6.68. The summed E-state index contributed by atoms with van der Waals surface area (Å²) in [5, 5.41) is 3.18. The van der Waals surface area contributed by atoms with Gasteiger partial charge in [0, 0.05) is 31.7 Å². The highest BCUT2D eigenvalue weighted by Gasteiger charge is 2.25. The van der Waals surface area contributed by atoms with Gasteiger partial charge in [-0.2, -0.15) is 0 Å². The highest BCUT2D eigenvalue weighted by Crippen LogP contribution is 2.25. The Hall–Kier alpha value is -1.62. The van der Waals surface area contributed by atoms with Gasteiger partial charge in [0.05, 0.1) is 5.69 Å². The third-order valence-corrected chi connectivity index (χ3v) is 4.94. The van der Waals surface area contributed by atoms with E-state index in [2.05, 4.69) is 10.2 Å². The molecular formula is C18H26FN3O. The van der Waals surface area contributed by atoms with Crippen LogP contribution in [0, 0.1) is 11.7 Å². The lowest BCUT2D eigenvalue weighted by Crippen LogP contribution is -2.42. The summed E-state index contributed by atoms with van der Waals surface area (Å²) in [7, 11) is 1.94. The molecule has 2 aliphatic heterocycles. The Morgan fingerprint density at radius 1 is 1.26 bits per heavy atom. The SMILES string of the molecule is CNCC1CCCN(C(=O)c2ccc(N3CCCC3)c(F)c2)C1. The van der Waals surface area contributed by atoms with Gasteiger partial charge in [0.15, 0.2) is 0 Å². The molecule has 2 saturated heterocycles. The van der Waals surface area contributed by atoms with Crippen LogP contribution in [0.25, 0.3) is 0 Å². The Labute approximate surface area is 137 Å². The van der Waals surface area contributed by atoms with Gasteiger partial charge in [-0.15, -0.1) is 0 Å². The second kappa shape index (κ2) is 7.30. The first-order valence-corrected chi connectivity index (χ1v) is 8.67. The van der Waals surface area contributed by atoms with E-state index >= 15 is 0 Å². The van der Waals surface area contributed by atoms with Crippen LogP contribution < -0.4 is 10.2 Å². The zero-order valence-corrected chi connectivity index (χ0v) is 13.9. The fourth-order valence-corrected chi connectivity index (χ4v) is 3.74. The van der Waals surface area contributed by atoms with Crippen molar-refractivity contribution in [3.05, 3.63) is 29.6 Å². The summed E-state index contributed by atoms with van der Waals surface area (Å²) in [6.07, 6.45) is 4.39. The number of nitrogens with one attached hydrogen (secondary N) is 1. The molecule has 1 amide bonds. The van der Waals surface area contributed by atoms with Gasteiger partial charge in [0.1, 0.15) is 5.82 Å². The van der Waals surface area contributed by atoms with E-state index in [1.807, 2.05) is 11.9 Å². The lowest BCUT2D eigenvalue weighted by molar-refractivity contribution is 0.0674. The summed E-state index contributed by atoms with van der Waals surface area (Å²) >= 11 is 0. The monoisotopic (exact) mass is 319 g/mol. The number of rotatable bonds is 4. The van der Waals surface area contributed by atoms with Crippen molar-refractivity contribution in [3.63, 3.8) is 0 Å². The molecule has 5 heteroatoms. The average molecular weight is 319 g/mol. The number of nitrogens with zero attached hydrogens (tertiary/aromatic N) is 2. The fraction of sp³-hybridized carbons (Fsp3) is 0.611. The van der Waals surface area contributed by atoms with Crippen molar-refractivity contribution in [1.82, 2.24) is 10.2 Å². The standard InChI is InChI=1S/C18H26FN3O/c1-20-12-14-5-4-10-22(13-14)18(23)15-6-7-17(16(19)11-15)21-8-2-3-9-21/h6-7,11,14,20H,2-5,8-10,12-13H2,1H3. The van der Waals surface area contributed by atoms with Crippen LogP contribution in [0.5, 0.6) is 0 Å². The van der Waals surface area contributed by atoms with Crippen molar-refractivity contribution in [1.29, 1.82) is 0 Å². The van der Waals surface area contributed by atoms with Crippen LogP contribution in [0.15, 0.2) is 18.2 Å². The molecule has 3 rings (SSSR count). The molecule has 0 bridgehead atoms. The van der Waals surface area contributed by atoms with Gasteiger partial charge in [-0.1, -0.05) is 0 Å². The van der Waals surface area contributed by atoms with Gasteiger partial charge in [-0.3, -0.25) is 4.79 Å². The number of halogens is 1. The van der Waals surface area contributed by atoms with Crippen molar-refractivity contribution in [2.45, 2.75) is 25.7 Å². The average Bonchev–Trinajstić information content (AvgIpc) is 3.09. The highest BCUT2D eigenvalue weighted by atomic mass is 19.1. The number of hydrogen-bond donors (Lipinski definition) is 1. The topological polar surface area (TPSA) is 35.6 Å². The number of likely N-dealkylation sites (tertiary alicyclic amines) is 1. The first-order valence-electron chi connectivity index (χ1n) is 8.67. The van der Waals surface area contributed by atoms with Crippen LogP contribution >= 0.6 is 0 Å². The summed E-state index contributed by atoms with van der Waals surface area (Å²) in [6, 6.07) is 4.96. The summed E-state index contributed by atoms with van der Waals surface area (Å²) in [4.78, 5) is 16.6. The molecule has 2 fully saturated rings. The number of amides is 1. The van der Waals surface area contributed by atoms with E-state index in [1.54, 1.807) is 12.1 Å². The van der Waals surface area contributed by atoms with Crippen molar-refractivity contribution >= 4 is 11.6 Å². The minimum atomic E-state index is -0.276. The van der Waals surface area contributed by atoms with Gasteiger partial charge in [0.2, 0.25) is 0 Å². The molecule has 2 aliphatic rings. The summed E-state index contributed by atoms with van der Waals surface area (Å²) in [5.41, 5.74) is 1.10. The van der Waals surface area contributed by atoms with Crippen molar-refractivity contribution in [3.8, 4) is 0 Å². The minimum Gasteiger partial charge on any atom is -0.369 e. The molecule has 1 atom stereocenters. The second-order valence-electron chi connectivity index (χ2n) is 6.68. The molecule has 126 valence electrons. The van der Waals surface area contributed by atoms with Gasteiger partial charge >= 0.3 is 0 Å². The van der Waals surface area contributed by atoms with Crippen LogP contribution in [0.3, 0.4) is 0 Å². The highest BCUT2D eigenvalue weighted by molar-refractivity contribution is 5.94. The number of hydrogen-bond acceptors (Lipinski definition) is 3. The van der Waals surface area contributed by atoms with Crippen molar-refractivity contribution in [2.75, 3.05) is 44.7 Å². The van der Waals surface area contributed by atoms with E-state index in [4.69, 9.17) is 0 Å². The molecule has 0 saturated carbocycles. The van der Waals surface area contributed by atoms with E-state index in [0.29, 0.717) is 17.2 Å². The number of carbonyl (C=O) groups excluding carboxylic acids is 1. The Bertz CT molecular complexity index is 555. The lowest BCUT2D eigenvalue weighted by Gasteiger charge is -2.33. The van der Waals surface area contributed by atoms with Crippen LogP contribution in [0.4, 0.5) is 10.1 Å². The summed E-state index contributed by atoms with van der Waals surface area (Å²) < 4.78 is 14.4. The number of piperidine rings is 1.